The van der Waals surface area contributed by atoms with E-state index in [9.17, 15) is 9.59 Å². The Morgan fingerprint density at radius 1 is 1.20 bits per heavy atom. The van der Waals surface area contributed by atoms with Gasteiger partial charge in [0.1, 0.15) is 5.71 Å². The molecular formula is C23H25ClN4O2. The second kappa shape index (κ2) is 7.76. The molecule has 2 aliphatic rings. The average Bonchev–Trinajstić information content (AvgIpc) is 2.95. The van der Waals surface area contributed by atoms with Crippen molar-refractivity contribution in [3.8, 4) is 0 Å². The molecule has 1 atom stereocenters. The summed E-state index contributed by atoms with van der Waals surface area (Å²) in [6, 6.07) is 8.88. The summed E-state index contributed by atoms with van der Waals surface area (Å²) in [4.78, 5) is 32.4. The third kappa shape index (κ3) is 3.45. The van der Waals surface area contributed by atoms with E-state index in [1.165, 1.54) is 4.57 Å². The van der Waals surface area contributed by atoms with Crippen molar-refractivity contribution in [3.63, 3.8) is 0 Å². The molecule has 1 aliphatic carbocycles. The molecule has 1 aliphatic heterocycles. The number of allylic oxidation sites excluding steroid dienone is 1. The highest BCUT2D eigenvalue weighted by Gasteiger charge is 2.44. The number of carbonyl (C=O) groups is 1. The van der Waals surface area contributed by atoms with Gasteiger partial charge < -0.3 is 10.3 Å². The van der Waals surface area contributed by atoms with Crippen molar-refractivity contribution in [2.75, 3.05) is 4.90 Å². The highest BCUT2D eigenvalue weighted by Crippen LogP contribution is 2.41. The number of hydrogen-bond donors (Lipinski definition) is 1. The van der Waals surface area contributed by atoms with Crippen molar-refractivity contribution in [1.29, 1.82) is 0 Å². The zero-order valence-corrected chi connectivity index (χ0v) is 18.1. The number of benzene rings is 1. The Bertz CT molecular complexity index is 1100. The van der Waals surface area contributed by atoms with Crippen molar-refractivity contribution in [2.24, 2.45) is 17.8 Å². The van der Waals surface area contributed by atoms with E-state index in [0.29, 0.717) is 27.7 Å². The van der Waals surface area contributed by atoms with Gasteiger partial charge in [0.05, 0.1) is 17.8 Å². The van der Waals surface area contributed by atoms with Gasteiger partial charge in [0.25, 0.3) is 11.5 Å². The van der Waals surface area contributed by atoms with Crippen LogP contribution in [0.5, 0.6) is 0 Å². The van der Waals surface area contributed by atoms with E-state index in [0.717, 1.165) is 30.4 Å². The van der Waals surface area contributed by atoms with E-state index >= 15 is 0 Å². The maximum Gasteiger partial charge on any atom is 0.277 e. The number of anilines is 1. The molecule has 1 saturated heterocycles. The minimum absolute atomic E-state index is 0.0948. The van der Waals surface area contributed by atoms with Gasteiger partial charge in [0.15, 0.2) is 0 Å². The lowest BCUT2D eigenvalue weighted by atomic mass is 9.92. The van der Waals surface area contributed by atoms with Crippen molar-refractivity contribution in [3.05, 3.63) is 74.3 Å². The highest BCUT2D eigenvalue weighted by molar-refractivity contribution is 6.53. The number of hydrogen-bond acceptors (Lipinski definition) is 4. The van der Waals surface area contributed by atoms with Crippen LogP contribution >= 0.6 is 11.6 Å². The first-order valence-corrected chi connectivity index (χ1v) is 10.5. The number of aromatic nitrogens is 1. The lowest BCUT2D eigenvalue weighted by Gasteiger charge is -2.26. The zero-order valence-electron chi connectivity index (χ0n) is 17.4. The van der Waals surface area contributed by atoms with Crippen molar-refractivity contribution >= 4 is 28.9 Å². The monoisotopic (exact) mass is 424 g/mol. The molecule has 4 rings (SSSR count). The number of carbonyl (C=O) groups excluding carboxylic acids is 1. The second-order valence-electron chi connectivity index (χ2n) is 8.09. The molecule has 1 saturated carbocycles. The molecule has 0 radical (unpaired) electrons. The van der Waals surface area contributed by atoms with Crippen LogP contribution in [-0.4, -0.2) is 22.2 Å². The molecule has 1 unspecified atom stereocenters. The Balaban J connectivity index is 1.94. The number of nitrogens with two attached hydrogens (primary N) is 1. The second-order valence-corrected chi connectivity index (χ2v) is 8.52. The number of pyridine rings is 1. The number of amides is 1. The van der Waals surface area contributed by atoms with E-state index in [1.54, 1.807) is 50.2 Å². The van der Waals surface area contributed by atoms with Crippen molar-refractivity contribution < 1.29 is 4.79 Å². The van der Waals surface area contributed by atoms with Crippen LogP contribution in [0.4, 0.5) is 5.69 Å². The smallest absolute Gasteiger partial charge is 0.277 e. The third-order valence-electron chi connectivity index (χ3n) is 5.83. The van der Waals surface area contributed by atoms with Gasteiger partial charge in [0.2, 0.25) is 0 Å². The maximum atomic E-state index is 13.6. The van der Waals surface area contributed by atoms with Crippen LogP contribution in [0.2, 0.25) is 5.02 Å². The SMILES string of the molecule is CC(N)=C1C(=NC2CCC2)C(=O)N(c2cc(C)c(=O)n(C)c2)C1c1ccc(Cl)cc1. The largest absolute Gasteiger partial charge is 0.402 e. The summed E-state index contributed by atoms with van der Waals surface area (Å²) in [5.41, 5.74) is 10.0. The molecule has 6 nitrogen and oxygen atoms in total. The number of aliphatic imine (C=N–C) groups is 1. The van der Waals surface area contributed by atoms with Gasteiger partial charge in [-0.2, -0.15) is 0 Å². The first kappa shape index (κ1) is 20.4. The number of nitrogens with zero attached hydrogens (tertiary/aromatic N) is 3. The molecule has 1 aromatic heterocycles. The first-order valence-electron chi connectivity index (χ1n) is 10.1. The fraction of sp³-hybridized carbons (Fsp3) is 0.348. The quantitative estimate of drug-likeness (QED) is 0.816. The molecule has 1 amide bonds. The molecule has 2 heterocycles. The summed E-state index contributed by atoms with van der Waals surface area (Å²) in [5.74, 6) is -0.195. The number of halogens is 1. The van der Waals surface area contributed by atoms with Gasteiger partial charge in [-0.15, -0.1) is 0 Å². The van der Waals surface area contributed by atoms with Gasteiger partial charge in [-0.1, -0.05) is 23.7 Å². The third-order valence-corrected chi connectivity index (χ3v) is 6.08. The zero-order chi connectivity index (χ0) is 21.6. The summed E-state index contributed by atoms with van der Waals surface area (Å²) in [7, 11) is 1.69. The minimum Gasteiger partial charge on any atom is -0.402 e. The number of rotatable bonds is 3. The van der Waals surface area contributed by atoms with Crippen LogP contribution in [-0.2, 0) is 11.8 Å². The van der Waals surface area contributed by atoms with Gasteiger partial charge in [-0.25, -0.2) is 0 Å². The normalized spacial score (nSPS) is 22.5. The Labute approximate surface area is 180 Å². The van der Waals surface area contributed by atoms with Crippen LogP contribution in [0.1, 0.15) is 43.4 Å². The number of aryl methyl sites for hydroxylation is 2. The van der Waals surface area contributed by atoms with E-state index in [1.807, 2.05) is 12.1 Å². The van der Waals surface area contributed by atoms with Crippen LogP contribution in [0, 0.1) is 6.92 Å². The average molecular weight is 425 g/mol. The summed E-state index contributed by atoms with van der Waals surface area (Å²) >= 11 is 6.10. The molecule has 2 N–H and O–H groups in total. The summed E-state index contributed by atoms with van der Waals surface area (Å²) in [5, 5.41) is 0.617. The van der Waals surface area contributed by atoms with E-state index in [2.05, 4.69) is 0 Å². The fourth-order valence-electron chi connectivity index (χ4n) is 4.05. The van der Waals surface area contributed by atoms with Crippen LogP contribution in [0.3, 0.4) is 0 Å². The van der Waals surface area contributed by atoms with Crippen LogP contribution in [0.15, 0.2) is 57.6 Å². The molecular weight excluding hydrogens is 400 g/mol. The van der Waals surface area contributed by atoms with Gasteiger partial charge in [-0.05, 0) is 56.9 Å². The predicted molar refractivity (Wildman–Crippen MR) is 120 cm³/mol. The molecule has 1 aromatic carbocycles. The maximum absolute atomic E-state index is 13.6. The molecule has 156 valence electrons. The Hall–Kier alpha value is -2.86. The standard InChI is InChI=1S/C23H25ClN4O2/c1-13-11-18(12-27(3)22(13)29)28-21(15-7-9-16(24)10-8-15)19(14(2)25)20(23(28)30)26-17-5-4-6-17/h7-12,17,21H,4-6,25H2,1-3H3. The Morgan fingerprint density at radius 2 is 1.87 bits per heavy atom. The van der Waals surface area contributed by atoms with E-state index in [-0.39, 0.29) is 17.5 Å². The van der Waals surface area contributed by atoms with Gasteiger partial charge >= 0.3 is 0 Å². The van der Waals surface area contributed by atoms with Gasteiger partial charge in [0, 0.05) is 35.1 Å². The molecule has 2 aromatic rings. The van der Waals surface area contributed by atoms with Crippen LogP contribution in [0.25, 0.3) is 0 Å². The molecule has 30 heavy (non-hydrogen) atoms. The Kier molecular flexibility index (Phi) is 5.28. The Morgan fingerprint density at radius 3 is 2.40 bits per heavy atom. The molecule has 0 bridgehead atoms. The van der Waals surface area contributed by atoms with Crippen LogP contribution < -0.4 is 16.2 Å². The lowest BCUT2D eigenvalue weighted by molar-refractivity contribution is -0.112. The first-order chi connectivity index (χ1) is 14.3. The summed E-state index contributed by atoms with van der Waals surface area (Å²) < 4.78 is 1.50. The summed E-state index contributed by atoms with van der Waals surface area (Å²) in [6.45, 7) is 3.55. The minimum atomic E-state index is -0.435. The van der Waals surface area contributed by atoms with Crippen molar-refractivity contribution in [2.45, 2.75) is 45.2 Å². The molecule has 7 heteroatoms. The molecule has 0 spiro atoms. The predicted octanol–water partition coefficient (Wildman–Crippen LogP) is 3.66. The summed E-state index contributed by atoms with van der Waals surface area (Å²) in [6.07, 6.45) is 4.78. The van der Waals surface area contributed by atoms with E-state index < -0.39 is 6.04 Å². The lowest BCUT2D eigenvalue weighted by Crippen LogP contribution is -2.32. The van der Waals surface area contributed by atoms with Crippen molar-refractivity contribution in [1.82, 2.24) is 4.57 Å². The molecule has 2 fully saturated rings. The van der Waals surface area contributed by atoms with E-state index in [4.69, 9.17) is 22.3 Å². The fourth-order valence-corrected chi connectivity index (χ4v) is 4.17. The van der Waals surface area contributed by atoms with Gasteiger partial charge in [-0.3, -0.25) is 19.5 Å². The highest BCUT2D eigenvalue weighted by atomic mass is 35.5. The topological polar surface area (TPSA) is 80.7 Å².